The van der Waals surface area contributed by atoms with Crippen molar-refractivity contribution in [1.82, 2.24) is 9.97 Å². The first-order valence-electron chi connectivity index (χ1n) is 13.4. The summed E-state index contributed by atoms with van der Waals surface area (Å²) in [7, 11) is 0. The summed E-state index contributed by atoms with van der Waals surface area (Å²) in [4.78, 5) is 7.85. The average molecular weight is 485 g/mol. The molecule has 0 radical (unpaired) electrons. The van der Waals surface area contributed by atoms with Crippen LogP contribution in [0.25, 0.3) is 83.4 Å². The topological polar surface area (TPSA) is 31.6 Å². The molecule has 2 aliphatic rings. The predicted octanol–water partition coefficient (Wildman–Crippen LogP) is 9.74. The van der Waals surface area contributed by atoms with Crippen molar-refractivity contribution in [3.05, 3.63) is 114 Å². The van der Waals surface area contributed by atoms with Crippen molar-refractivity contribution >= 4 is 38.7 Å². The fourth-order valence-electron chi connectivity index (χ4n) is 6.91. The van der Waals surface area contributed by atoms with Crippen molar-refractivity contribution in [2.75, 3.05) is 0 Å². The Labute approximate surface area is 220 Å². The molecule has 0 saturated heterocycles. The molecule has 0 saturated carbocycles. The van der Waals surface area contributed by atoms with Gasteiger partial charge in [-0.3, -0.25) is 0 Å². The lowest BCUT2D eigenvalue weighted by atomic mass is 9.84. The predicted molar refractivity (Wildman–Crippen MR) is 160 cm³/mol. The fraction of sp³-hybridized carbons (Fsp3) is 0.0556. The Kier molecular flexibility index (Phi) is 3.93. The van der Waals surface area contributed by atoms with Gasteiger partial charge >= 0.3 is 0 Å². The summed E-state index contributed by atoms with van der Waals surface area (Å²) < 4.78 is 0. The minimum absolute atomic E-state index is 1.10. The maximum absolute atomic E-state index is 3.94. The van der Waals surface area contributed by atoms with Gasteiger partial charge in [-0.05, 0) is 34.9 Å². The van der Waals surface area contributed by atoms with Crippen LogP contribution in [0.3, 0.4) is 0 Å². The number of aryl methyl sites for hydroxylation is 1. The normalized spacial score (nSPS) is 13.5. The van der Waals surface area contributed by atoms with Crippen LogP contribution in [0, 0.1) is 0 Å². The molecule has 2 aliphatic carbocycles. The zero-order valence-electron chi connectivity index (χ0n) is 20.8. The molecule has 2 N–H and O–H groups in total. The molecular weight excluding hydrogens is 460 g/mol. The molecule has 0 amide bonds. The maximum Gasteiger partial charge on any atom is 0.0551 e. The Hall–Kier alpha value is -4.82. The number of benzene rings is 5. The van der Waals surface area contributed by atoms with Gasteiger partial charge in [-0.2, -0.15) is 0 Å². The largest absolute Gasteiger partial charge is 0.353 e. The highest BCUT2D eigenvalue weighted by Crippen LogP contribution is 2.52. The molecule has 5 aromatic carbocycles. The fourth-order valence-corrected chi connectivity index (χ4v) is 6.91. The average Bonchev–Trinajstić information content (AvgIpc) is 3.56. The van der Waals surface area contributed by atoms with E-state index >= 15 is 0 Å². The van der Waals surface area contributed by atoms with E-state index in [-0.39, 0.29) is 0 Å². The number of rotatable bonds is 0. The summed E-state index contributed by atoms with van der Waals surface area (Å²) in [6.45, 7) is 0. The van der Waals surface area contributed by atoms with Gasteiger partial charge in [-0.1, -0.05) is 109 Å². The lowest BCUT2D eigenvalue weighted by molar-refractivity contribution is 0.989. The smallest absolute Gasteiger partial charge is 0.0551 e. The second-order valence-corrected chi connectivity index (χ2v) is 10.6. The van der Waals surface area contributed by atoms with Gasteiger partial charge in [-0.15, -0.1) is 0 Å². The van der Waals surface area contributed by atoms with Crippen LogP contribution in [-0.4, -0.2) is 9.97 Å². The number of aromatic nitrogens is 2. The van der Waals surface area contributed by atoms with Gasteiger partial charge in [-0.25, -0.2) is 0 Å². The molecule has 0 atom stereocenters. The van der Waals surface area contributed by atoms with Crippen LogP contribution in [0.15, 0.2) is 103 Å². The maximum atomic E-state index is 3.94. The lowest BCUT2D eigenvalue weighted by Gasteiger charge is -2.19. The molecule has 0 bridgehead atoms. The lowest BCUT2D eigenvalue weighted by Crippen LogP contribution is -1.95. The highest BCUT2D eigenvalue weighted by molar-refractivity contribution is 6.20. The Bertz CT molecular complexity index is 2130. The molecule has 38 heavy (non-hydrogen) atoms. The summed E-state index contributed by atoms with van der Waals surface area (Å²) >= 11 is 0. The Morgan fingerprint density at radius 3 is 1.87 bits per heavy atom. The van der Waals surface area contributed by atoms with Crippen molar-refractivity contribution in [1.29, 1.82) is 0 Å². The first-order valence-corrected chi connectivity index (χ1v) is 13.4. The molecule has 2 aromatic heterocycles. The van der Waals surface area contributed by atoms with Crippen LogP contribution in [0.4, 0.5) is 0 Å². The van der Waals surface area contributed by atoms with Gasteiger partial charge in [0.1, 0.15) is 0 Å². The Morgan fingerprint density at radius 2 is 1.11 bits per heavy atom. The summed E-state index contributed by atoms with van der Waals surface area (Å²) in [6, 6.07) is 35.7. The number of H-pyrrole nitrogens is 2. The molecule has 2 heteroatoms. The second kappa shape index (κ2) is 7.36. The monoisotopic (exact) mass is 484 g/mol. The summed E-state index contributed by atoms with van der Waals surface area (Å²) in [5.74, 6) is 0. The van der Waals surface area contributed by atoms with Gasteiger partial charge in [0.15, 0.2) is 0 Å². The van der Waals surface area contributed by atoms with E-state index in [1.54, 1.807) is 0 Å². The zero-order chi connectivity index (χ0) is 24.8. The molecule has 2 heterocycles. The number of fused-ring (bicyclic) bond motifs is 16. The van der Waals surface area contributed by atoms with Crippen LogP contribution in [-0.2, 0) is 6.42 Å². The molecule has 178 valence electrons. The molecule has 0 aliphatic heterocycles. The first kappa shape index (κ1) is 20.3. The van der Waals surface area contributed by atoms with Crippen LogP contribution in [0.1, 0.15) is 17.5 Å². The van der Waals surface area contributed by atoms with Crippen molar-refractivity contribution in [3.8, 4) is 44.8 Å². The van der Waals surface area contributed by atoms with E-state index in [0.29, 0.717) is 0 Å². The highest BCUT2D eigenvalue weighted by Gasteiger charge is 2.28. The van der Waals surface area contributed by atoms with Crippen LogP contribution < -0.4 is 0 Å². The third kappa shape index (κ3) is 2.57. The molecule has 7 aromatic rings. The standard InChI is InChI=1S/C36H24N2/c1-3-11-23-21(9-1)17-19-29-31-25-13-5-6-14-26(25)32-30-20-18-22-10-2-4-12-24(22)34(30)38-36(32)28-16-8-7-15-27(28)35(31)37-33(23)29/h1,3-9,11-20,37-38H,2,10H2. The van der Waals surface area contributed by atoms with Gasteiger partial charge in [0.25, 0.3) is 0 Å². The third-order valence-electron chi connectivity index (χ3n) is 8.60. The quantitative estimate of drug-likeness (QED) is 0.215. The van der Waals surface area contributed by atoms with Crippen LogP contribution >= 0.6 is 0 Å². The summed E-state index contributed by atoms with van der Waals surface area (Å²) in [5, 5.41) is 5.07. The van der Waals surface area contributed by atoms with Crippen molar-refractivity contribution in [3.63, 3.8) is 0 Å². The molecule has 2 nitrogen and oxygen atoms in total. The van der Waals surface area contributed by atoms with E-state index in [2.05, 4.69) is 119 Å². The highest BCUT2D eigenvalue weighted by atomic mass is 14.8. The van der Waals surface area contributed by atoms with Gasteiger partial charge in [0.2, 0.25) is 0 Å². The SMILES string of the molecule is C1=Cc2c(ccc3c4c([nH]c23)-c2ccccc2-c2[nH]c3c(ccc5ccccc53)c2-c2ccccc2-4)CC1. The zero-order valence-corrected chi connectivity index (χ0v) is 20.8. The van der Waals surface area contributed by atoms with Crippen molar-refractivity contribution in [2.24, 2.45) is 0 Å². The van der Waals surface area contributed by atoms with Crippen molar-refractivity contribution < 1.29 is 0 Å². The third-order valence-corrected chi connectivity index (χ3v) is 8.60. The van der Waals surface area contributed by atoms with Gasteiger partial charge in [0, 0.05) is 44.0 Å². The number of nitrogens with one attached hydrogen (secondary N) is 2. The van der Waals surface area contributed by atoms with Crippen LogP contribution in [0.2, 0.25) is 0 Å². The van der Waals surface area contributed by atoms with E-state index in [4.69, 9.17) is 0 Å². The number of hydrogen-bond acceptors (Lipinski definition) is 0. The Balaban J connectivity index is 1.49. The minimum atomic E-state index is 1.10. The molecule has 0 unspecified atom stereocenters. The first-order chi connectivity index (χ1) is 18.9. The number of aromatic amines is 2. The van der Waals surface area contributed by atoms with Gasteiger partial charge in [0.05, 0.1) is 22.4 Å². The number of allylic oxidation sites excluding steroid dienone is 1. The van der Waals surface area contributed by atoms with E-state index in [0.717, 1.165) is 12.8 Å². The summed E-state index contributed by atoms with van der Waals surface area (Å²) in [6.07, 6.45) is 6.83. The van der Waals surface area contributed by atoms with Gasteiger partial charge < -0.3 is 9.97 Å². The molecule has 0 spiro atoms. The second-order valence-electron chi connectivity index (χ2n) is 10.6. The van der Waals surface area contributed by atoms with Crippen LogP contribution in [0.5, 0.6) is 0 Å². The van der Waals surface area contributed by atoms with E-state index < -0.39 is 0 Å². The van der Waals surface area contributed by atoms with E-state index in [1.807, 2.05) is 0 Å². The van der Waals surface area contributed by atoms with E-state index in [9.17, 15) is 0 Å². The molecule has 9 rings (SSSR count). The molecular formula is C36H24N2. The molecule has 0 fully saturated rings. The van der Waals surface area contributed by atoms with E-state index in [1.165, 1.54) is 88.5 Å². The Morgan fingerprint density at radius 1 is 0.500 bits per heavy atom. The summed E-state index contributed by atoms with van der Waals surface area (Å²) in [5.41, 5.74) is 15.2. The minimum Gasteiger partial charge on any atom is -0.353 e. The number of hydrogen-bond donors (Lipinski definition) is 2. The van der Waals surface area contributed by atoms with Crippen molar-refractivity contribution in [2.45, 2.75) is 12.8 Å².